The van der Waals surface area contributed by atoms with Crippen LogP contribution < -0.4 is 4.74 Å². The first-order valence-corrected chi connectivity index (χ1v) is 16.1. The number of phenols is 1. The summed E-state index contributed by atoms with van der Waals surface area (Å²) >= 11 is 0. The molecule has 0 aliphatic carbocycles. The van der Waals surface area contributed by atoms with Crippen molar-refractivity contribution in [3.05, 3.63) is 59.7 Å². The van der Waals surface area contributed by atoms with Crippen molar-refractivity contribution < 1.29 is 84.6 Å². The van der Waals surface area contributed by atoms with Gasteiger partial charge in [0.05, 0.1) is 19.8 Å². The molecule has 0 amide bonds. The van der Waals surface area contributed by atoms with Crippen molar-refractivity contribution in [1.82, 2.24) is 0 Å². The second kappa shape index (κ2) is 16.0. The van der Waals surface area contributed by atoms with Crippen LogP contribution in [0.2, 0.25) is 0 Å². The molecule has 11 N–H and O–H groups in total. The maximum Gasteiger partial charge on any atom is 0.229 e. The highest BCUT2D eigenvalue weighted by Crippen LogP contribution is 2.35. The molecule has 3 aliphatic heterocycles. The van der Waals surface area contributed by atoms with Crippen molar-refractivity contribution in [3.63, 3.8) is 0 Å². The molecular weight excluding hydrogens is 668 g/mol. The van der Waals surface area contributed by atoms with Crippen molar-refractivity contribution in [2.75, 3.05) is 19.8 Å². The first kappa shape index (κ1) is 38.7. The molecule has 0 radical (unpaired) electrons. The highest BCUT2D eigenvalue weighted by atomic mass is 16.8. The van der Waals surface area contributed by atoms with Crippen molar-refractivity contribution >= 4 is 0 Å². The van der Waals surface area contributed by atoms with E-state index in [1.165, 1.54) is 0 Å². The second-order valence-corrected chi connectivity index (χ2v) is 13.2. The quantitative estimate of drug-likeness (QED) is 0.108. The lowest BCUT2D eigenvalue weighted by Gasteiger charge is -2.46. The smallest absolute Gasteiger partial charge is 0.229 e. The van der Waals surface area contributed by atoms with Crippen LogP contribution in [-0.2, 0) is 29.1 Å². The van der Waals surface area contributed by atoms with Crippen LogP contribution in [0.3, 0.4) is 0 Å². The summed E-state index contributed by atoms with van der Waals surface area (Å²) in [6.07, 6.45) is -24.8. The second-order valence-electron chi connectivity index (χ2n) is 13.2. The third-order valence-electron chi connectivity index (χ3n) is 9.47. The summed E-state index contributed by atoms with van der Waals surface area (Å²) in [5, 5.41) is 113. The summed E-state index contributed by atoms with van der Waals surface area (Å²) < 4.78 is 34.1. The maximum absolute atomic E-state index is 11.3. The Bertz CT molecular complexity index is 1360. The minimum atomic E-state index is -1.87. The molecule has 15 atom stereocenters. The third-order valence-corrected chi connectivity index (χ3v) is 9.47. The number of hydrogen-bond donors (Lipinski definition) is 11. The minimum absolute atomic E-state index is 0.138. The van der Waals surface area contributed by atoms with Crippen LogP contribution in [0.15, 0.2) is 48.5 Å². The summed E-state index contributed by atoms with van der Waals surface area (Å²) in [6.45, 7) is 1.90. The Labute approximate surface area is 287 Å². The van der Waals surface area contributed by atoms with Crippen LogP contribution in [0, 0.1) is 0 Å². The van der Waals surface area contributed by atoms with E-state index in [-0.39, 0.29) is 11.5 Å². The van der Waals surface area contributed by atoms with Gasteiger partial charge >= 0.3 is 0 Å². The number of aliphatic hydroxyl groups excluding tert-OH is 10. The molecule has 5 rings (SSSR count). The summed E-state index contributed by atoms with van der Waals surface area (Å²) in [6, 6.07) is 13.6. The molecule has 3 fully saturated rings. The molecule has 0 unspecified atom stereocenters. The lowest BCUT2D eigenvalue weighted by molar-refractivity contribution is -0.360. The molecule has 17 nitrogen and oxygen atoms in total. The summed E-state index contributed by atoms with van der Waals surface area (Å²) in [5.41, 5.74) is 1.36. The first-order chi connectivity index (χ1) is 23.7. The van der Waals surface area contributed by atoms with E-state index in [1.807, 2.05) is 26.0 Å². The van der Waals surface area contributed by atoms with Crippen molar-refractivity contribution in [2.45, 2.75) is 111 Å². The molecular formula is C33H46O17. The fraction of sp³-hybridized carbons (Fsp3) is 0.636. The number of aliphatic hydroxyl groups is 10. The van der Waals surface area contributed by atoms with Crippen LogP contribution in [0.4, 0.5) is 0 Å². The van der Waals surface area contributed by atoms with E-state index in [4.69, 9.17) is 28.4 Å². The van der Waals surface area contributed by atoms with Crippen LogP contribution in [0.5, 0.6) is 11.5 Å². The van der Waals surface area contributed by atoms with Gasteiger partial charge in [0, 0.05) is 5.41 Å². The molecule has 0 spiro atoms. The molecule has 3 saturated heterocycles. The summed E-state index contributed by atoms with van der Waals surface area (Å²) in [7, 11) is 0. The molecule has 2 aromatic rings. The Kier molecular flexibility index (Phi) is 12.4. The summed E-state index contributed by atoms with van der Waals surface area (Å²) in [5.74, 6) is 0.368. The van der Waals surface area contributed by atoms with Gasteiger partial charge in [0.1, 0.15) is 84.7 Å². The molecule has 3 heterocycles. The van der Waals surface area contributed by atoms with Gasteiger partial charge in [-0.05, 0) is 35.4 Å². The van der Waals surface area contributed by atoms with E-state index in [0.29, 0.717) is 0 Å². The van der Waals surface area contributed by atoms with Crippen LogP contribution >= 0.6 is 0 Å². The number of phenolic OH excluding ortho intramolecular Hbond substituents is 1. The van der Waals surface area contributed by atoms with Crippen molar-refractivity contribution in [2.24, 2.45) is 0 Å². The SMILES string of the molecule is CC(C)(c1ccc(O)cc1)c1ccc(O[C@@H]2O[C@H](CO[C@@H]3O[C@H](CO)[C@@H](O)[C@H](O)[C@H]3O)[C@@H](O[C@@H]3O[C@H](CO)[C@@H](O)[C@H](O)[C@H]3O)[C@H](O)[C@H]2O)cc1. The van der Waals surface area contributed by atoms with E-state index in [0.717, 1.165) is 11.1 Å². The maximum atomic E-state index is 11.3. The fourth-order valence-electron chi connectivity index (χ4n) is 6.16. The minimum Gasteiger partial charge on any atom is -0.508 e. The molecule has 2 aromatic carbocycles. The number of rotatable bonds is 11. The highest BCUT2D eigenvalue weighted by Gasteiger charge is 2.52. The number of ether oxygens (including phenoxy) is 6. The van der Waals surface area contributed by atoms with Gasteiger partial charge in [-0.15, -0.1) is 0 Å². The third kappa shape index (κ3) is 7.92. The zero-order valence-corrected chi connectivity index (χ0v) is 27.3. The predicted octanol–water partition coefficient (Wildman–Crippen LogP) is -3.45. The molecule has 3 aliphatic rings. The van der Waals surface area contributed by atoms with Crippen molar-refractivity contribution in [3.8, 4) is 11.5 Å². The van der Waals surface area contributed by atoms with Gasteiger partial charge < -0.3 is 84.6 Å². The monoisotopic (exact) mass is 714 g/mol. The topological polar surface area (TPSA) is 278 Å². The lowest BCUT2D eigenvalue weighted by Crippen LogP contribution is -2.65. The van der Waals surface area contributed by atoms with Gasteiger partial charge in [-0.25, -0.2) is 0 Å². The zero-order chi connectivity index (χ0) is 36.5. The largest absolute Gasteiger partial charge is 0.508 e. The van der Waals surface area contributed by atoms with E-state index < -0.39 is 117 Å². The average Bonchev–Trinajstić information content (AvgIpc) is 3.10. The summed E-state index contributed by atoms with van der Waals surface area (Å²) in [4.78, 5) is 0. The van der Waals surface area contributed by atoms with E-state index >= 15 is 0 Å². The molecule has 0 aromatic heterocycles. The number of benzene rings is 2. The Balaban J connectivity index is 1.35. The van der Waals surface area contributed by atoms with Gasteiger partial charge in [0.25, 0.3) is 0 Å². The van der Waals surface area contributed by atoms with E-state index in [9.17, 15) is 56.2 Å². The first-order valence-electron chi connectivity index (χ1n) is 16.1. The van der Waals surface area contributed by atoms with Crippen LogP contribution in [0.25, 0.3) is 0 Å². The Morgan fingerprint density at radius 2 is 1.02 bits per heavy atom. The number of aromatic hydroxyl groups is 1. The van der Waals surface area contributed by atoms with Crippen molar-refractivity contribution in [1.29, 1.82) is 0 Å². The standard InChI is InChI=1S/C33H46O17/c1-33(2,14-3-7-16(36)8-4-14)15-5-9-17(10-6-15)46-31-28(44)25(41)29(50-32-27(43)24(40)22(38)19(12-35)48-32)20(49-31)13-45-30-26(42)23(39)21(37)18(11-34)47-30/h3-10,18-32,34-44H,11-13H2,1-2H3/t18-,19-,20-,21-,22-,23+,24+,25-,26-,27-,28-,29-,30-,31-,32+/m1/s1. The van der Waals surface area contributed by atoms with Gasteiger partial charge in [-0.3, -0.25) is 0 Å². The highest BCUT2D eigenvalue weighted by molar-refractivity contribution is 5.41. The predicted molar refractivity (Wildman–Crippen MR) is 166 cm³/mol. The lowest BCUT2D eigenvalue weighted by atomic mass is 9.78. The molecule has 280 valence electrons. The fourth-order valence-corrected chi connectivity index (χ4v) is 6.16. The van der Waals surface area contributed by atoms with E-state index in [1.54, 1.807) is 36.4 Å². The van der Waals surface area contributed by atoms with Gasteiger partial charge in [0.15, 0.2) is 12.6 Å². The molecule has 0 saturated carbocycles. The zero-order valence-electron chi connectivity index (χ0n) is 27.3. The Morgan fingerprint density at radius 3 is 1.56 bits per heavy atom. The average molecular weight is 715 g/mol. The molecule has 17 heteroatoms. The Morgan fingerprint density at radius 1 is 0.560 bits per heavy atom. The van der Waals surface area contributed by atoms with Crippen LogP contribution in [0.1, 0.15) is 25.0 Å². The Hall–Kier alpha value is -2.56. The normalized spacial score (nSPS) is 39.6. The molecule has 0 bridgehead atoms. The molecule has 50 heavy (non-hydrogen) atoms. The van der Waals surface area contributed by atoms with Crippen LogP contribution in [-0.4, -0.2) is 168 Å². The van der Waals surface area contributed by atoms with Gasteiger partial charge in [-0.1, -0.05) is 38.1 Å². The van der Waals surface area contributed by atoms with Gasteiger partial charge in [0.2, 0.25) is 6.29 Å². The van der Waals surface area contributed by atoms with E-state index in [2.05, 4.69) is 0 Å². The number of hydrogen-bond acceptors (Lipinski definition) is 17. The van der Waals surface area contributed by atoms with Gasteiger partial charge in [-0.2, -0.15) is 0 Å².